The Kier molecular flexibility index (Phi) is 2.75. The van der Waals surface area contributed by atoms with Crippen LogP contribution in [0.5, 0.6) is 0 Å². The lowest BCUT2D eigenvalue weighted by molar-refractivity contribution is 1.63. The minimum Gasteiger partial charge on any atom is -0.115 e. The van der Waals surface area contributed by atoms with Crippen LogP contribution in [0.2, 0.25) is 6.55 Å². The van der Waals surface area contributed by atoms with Crippen LogP contribution in [0.3, 0.4) is 0 Å². The first-order chi connectivity index (χ1) is 5.83. The highest BCUT2D eigenvalue weighted by Gasteiger charge is 2.01. The van der Waals surface area contributed by atoms with E-state index in [9.17, 15) is 0 Å². The summed E-state index contributed by atoms with van der Waals surface area (Å²) in [6.45, 7) is 2.20. The molecule has 1 aromatic carbocycles. The second-order valence-electron chi connectivity index (χ2n) is 2.48. The third-order valence-electron chi connectivity index (χ3n) is 1.83. The van der Waals surface area contributed by atoms with Crippen LogP contribution in [0.1, 0.15) is 11.1 Å². The molecule has 0 N–H and O–H groups in total. The molecule has 58 valence electrons. The molecule has 0 saturated carbocycles. The number of hydrogen-bond donors (Lipinski definition) is 0. The maximum Gasteiger partial charge on any atom is 0.0534 e. The first-order valence-electron chi connectivity index (χ1n) is 3.88. The van der Waals surface area contributed by atoms with E-state index in [1.165, 1.54) is 5.19 Å². The molecular formula is C11H10Si. The van der Waals surface area contributed by atoms with E-state index in [0.29, 0.717) is 0 Å². The predicted molar refractivity (Wildman–Crippen MR) is 56.4 cm³/mol. The van der Waals surface area contributed by atoms with Gasteiger partial charge in [0, 0.05) is 11.1 Å². The van der Waals surface area contributed by atoms with Gasteiger partial charge in [0.05, 0.1) is 9.52 Å². The molecular weight excluding hydrogens is 160 g/mol. The zero-order valence-electron chi connectivity index (χ0n) is 7.09. The Morgan fingerprint density at radius 2 is 2.00 bits per heavy atom. The van der Waals surface area contributed by atoms with E-state index < -0.39 is 0 Å². The molecule has 0 bridgehead atoms. The maximum absolute atomic E-state index is 5.38. The van der Waals surface area contributed by atoms with E-state index in [-0.39, 0.29) is 9.52 Å². The summed E-state index contributed by atoms with van der Waals surface area (Å²) < 4.78 is 0. The van der Waals surface area contributed by atoms with E-state index >= 15 is 0 Å². The topological polar surface area (TPSA) is 0 Å². The van der Waals surface area contributed by atoms with Crippen LogP contribution in [0.15, 0.2) is 18.2 Å². The monoisotopic (exact) mass is 170 g/mol. The van der Waals surface area contributed by atoms with Crippen molar-refractivity contribution in [1.82, 2.24) is 0 Å². The van der Waals surface area contributed by atoms with Crippen LogP contribution in [0, 0.1) is 24.7 Å². The highest BCUT2D eigenvalue weighted by atomic mass is 28.2. The zero-order valence-corrected chi connectivity index (χ0v) is 8.51. The molecule has 12 heavy (non-hydrogen) atoms. The molecule has 0 aliphatic carbocycles. The van der Waals surface area contributed by atoms with Gasteiger partial charge in [0.15, 0.2) is 0 Å². The fraction of sp³-hybridized carbons (Fsp3) is 0.0909. The fourth-order valence-electron chi connectivity index (χ4n) is 1.19. The Balaban J connectivity index is 3.37. The molecule has 0 spiro atoms. The summed E-state index contributed by atoms with van der Waals surface area (Å²) in [6, 6.07) is 5.94. The van der Waals surface area contributed by atoms with Gasteiger partial charge in [0.2, 0.25) is 0 Å². The van der Waals surface area contributed by atoms with E-state index in [0.717, 1.165) is 11.1 Å². The van der Waals surface area contributed by atoms with Gasteiger partial charge < -0.3 is 0 Å². The molecule has 0 heterocycles. The highest BCUT2D eigenvalue weighted by Crippen LogP contribution is 2.02. The molecule has 1 heteroatoms. The largest absolute Gasteiger partial charge is 0.115 e. The van der Waals surface area contributed by atoms with Crippen molar-refractivity contribution in [2.45, 2.75) is 6.55 Å². The maximum atomic E-state index is 5.38. The Morgan fingerprint density at radius 1 is 1.25 bits per heavy atom. The van der Waals surface area contributed by atoms with Crippen LogP contribution in [0.25, 0.3) is 0 Å². The molecule has 1 aromatic rings. The summed E-state index contributed by atoms with van der Waals surface area (Å²) in [4.78, 5) is 0. The lowest BCUT2D eigenvalue weighted by Gasteiger charge is -2.02. The van der Waals surface area contributed by atoms with Gasteiger partial charge >= 0.3 is 0 Å². The lowest BCUT2D eigenvalue weighted by Crippen LogP contribution is -2.15. The van der Waals surface area contributed by atoms with E-state index in [2.05, 4.69) is 24.5 Å². The Labute approximate surface area is 75.8 Å². The van der Waals surface area contributed by atoms with E-state index in [4.69, 9.17) is 12.8 Å². The summed E-state index contributed by atoms with van der Waals surface area (Å²) in [7, 11) is -0.217. The standard InChI is InChI=1S/C11H10Si/c1-4-9-7-6-8-11(12-3)10(9)5-2/h1-2,6-8H,12H2,3H3. The van der Waals surface area contributed by atoms with Crippen LogP contribution < -0.4 is 5.19 Å². The third kappa shape index (κ3) is 1.42. The molecule has 0 fully saturated rings. The number of terminal acetylenes is 2. The summed E-state index contributed by atoms with van der Waals surface area (Å²) in [5, 5.41) is 1.29. The Bertz CT molecular complexity index is 364. The van der Waals surface area contributed by atoms with Crippen molar-refractivity contribution < 1.29 is 0 Å². The van der Waals surface area contributed by atoms with Gasteiger partial charge in [-0.25, -0.2) is 0 Å². The van der Waals surface area contributed by atoms with Crippen LogP contribution in [-0.2, 0) is 0 Å². The molecule has 1 rings (SSSR count). The van der Waals surface area contributed by atoms with Crippen molar-refractivity contribution >= 4 is 14.7 Å². The molecule has 0 aromatic heterocycles. The van der Waals surface area contributed by atoms with Crippen molar-refractivity contribution in [3.63, 3.8) is 0 Å². The number of rotatable bonds is 1. The second kappa shape index (κ2) is 3.81. The highest BCUT2D eigenvalue weighted by molar-refractivity contribution is 6.53. The SMILES string of the molecule is C#Cc1cccc([SiH2]C)c1C#C. The lowest BCUT2D eigenvalue weighted by atomic mass is 10.1. The van der Waals surface area contributed by atoms with Crippen molar-refractivity contribution in [3.05, 3.63) is 29.3 Å². The first-order valence-corrected chi connectivity index (χ1v) is 6.00. The molecule has 0 nitrogen and oxygen atoms in total. The first kappa shape index (κ1) is 8.65. The van der Waals surface area contributed by atoms with Gasteiger partial charge in [-0.3, -0.25) is 0 Å². The Hall–Kier alpha value is -1.44. The average molecular weight is 170 g/mol. The molecule has 0 radical (unpaired) electrons. The summed E-state index contributed by atoms with van der Waals surface area (Å²) in [5.41, 5.74) is 1.78. The molecule has 0 amide bonds. The van der Waals surface area contributed by atoms with Crippen molar-refractivity contribution in [1.29, 1.82) is 0 Å². The molecule has 0 unspecified atom stereocenters. The van der Waals surface area contributed by atoms with Crippen LogP contribution in [0.4, 0.5) is 0 Å². The zero-order chi connectivity index (χ0) is 8.97. The Morgan fingerprint density at radius 3 is 2.50 bits per heavy atom. The van der Waals surface area contributed by atoms with Gasteiger partial charge in [-0.05, 0) is 6.07 Å². The summed E-state index contributed by atoms with van der Waals surface area (Å²) in [5.74, 6) is 5.26. The smallest absolute Gasteiger partial charge is 0.0534 e. The van der Waals surface area contributed by atoms with Gasteiger partial charge in [0.25, 0.3) is 0 Å². The van der Waals surface area contributed by atoms with Crippen LogP contribution >= 0.6 is 0 Å². The van der Waals surface area contributed by atoms with Gasteiger partial charge in [0.1, 0.15) is 0 Å². The van der Waals surface area contributed by atoms with Gasteiger partial charge in [-0.2, -0.15) is 0 Å². The summed E-state index contributed by atoms with van der Waals surface area (Å²) >= 11 is 0. The van der Waals surface area contributed by atoms with E-state index in [1.807, 2.05) is 12.1 Å². The van der Waals surface area contributed by atoms with Crippen molar-refractivity contribution in [2.24, 2.45) is 0 Å². The fourth-order valence-corrected chi connectivity index (χ4v) is 2.20. The normalized spacial score (nSPS) is 9.58. The molecule has 0 saturated heterocycles. The third-order valence-corrected chi connectivity index (χ3v) is 3.18. The number of benzene rings is 1. The van der Waals surface area contributed by atoms with Crippen LogP contribution in [-0.4, -0.2) is 9.52 Å². The van der Waals surface area contributed by atoms with Gasteiger partial charge in [-0.1, -0.05) is 35.7 Å². The van der Waals surface area contributed by atoms with Crippen molar-refractivity contribution in [3.8, 4) is 24.7 Å². The van der Waals surface area contributed by atoms with Crippen molar-refractivity contribution in [2.75, 3.05) is 0 Å². The minimum absolute atomic E-state index is 0.217. The average Bonchev–Trinajstić information content (AvgIpc) is 2.16. The minimum atomic E-state index is -0.217. The predicted octanol–water partition coefficient (Wildman–Crippen LogP) is 0.491. The number of hydrogen-bond acceptors (Lipinski definition) is 0. The quantitative estimate of drug-likeness (QED) is 0.425. The second-order valence-corrected chi connectivity index (χ2v) is 3.95. The van der Waals surface area contributed by atoms with E-state index in [1.54, 1.807) is 0 Å². The molecule has 0 aliphatic rings. The molecule has 0 atom stereocenters. The summed E-state index contributed by atoms with van der Waals surface area (Å²) in [6.07, 6.45) is 10.7. The molecule has 0 aliphatic heterocycles. The van der Waals surface area contributed by atoms with Gasteiger partial charge in [-0.15, -0.1) is 12.8 Å².